The first kappa shape index (κ1) is 15.5. The number of piperidine rings is 1. The molecule has 0 spiro atoms. The van der Waals surface area contributed by atoms with E-state index in [9.17, 15) is 5.26 Å². The van der Waals surface area contributed by atoms with Gasteiger partial charge in [-0.05, 0) is 53.9 Å². The summed E-state index contributed by atoms with van der Waals surface area (Å²) in [6.07, 6.45) is 4.84. The van der Waals surface area contributed by atoms with Gasteiger partial charge in [0.05, 0.1) is 6.07 Å². The highest BCUT2D eigenvalue weighted by molar-refractivity contribution is 5.05. The highest BCUT2D eigenvalue weighted by Crippen LogP contribution is 2.24. The number of rotatable bonds is 5. The molecule has 0 saturated carbocycles. The highest BCUT2D eigenvalue weighted by atomic mass is 15.2. The molecule has 1 unspecified atom stereocenters. The average Bonchev–Trinajstić information content (AvgIpc) is 2.27. The standard InChI is InChI=1S/C15H29N3/c1-12(2)17-15(5,11-16)9-10-18-13(3)7-6-8-14(18)4/h12-14,17H,6-10H2,1-5H3/t13-,14+,15?. The van der Waals surface area contributed by atoms with Gasteiger partial charge in [-0.3, -0.25) is 10.2 Å². The Bertz CT molecular complexity index is 285. The van der Waals surface area contributed by atoms with Gasteiger partial charge in [0.15, 0.2) is 0 Å². The van der Waals surface area contributed by atoms with Crippen molar-refractivity contribution in [2.75, 3.05) is 6.54 Å². The molecule has 1 heterocycles. The lowest BCUT2D eigenvalue weighted by molar-refractivity contribution is 0.0944. The van der Waals surface area contributed by atoms with Crippen LogP contribution in [-0.4, -0.2) is 35.1 Å². The molecule has 104 valence electrons. The molecule has 18 heavy (non-hydrogen) atoms. The maximum atomic E-state index is 9.36. The summed E-state index contributed by atoms with van der Waals surface area (Å²) in [5.74, 6) is 0. The SMILES string of the molecule is CC(C)NC(C)(C#N)CCN1[C@H](C)CCC[C@@H]1C. The van der Waals surface area contributed by atoms with Gasteiger partial charge in [-0.1, -0.05) is 6.42 Å². The minimum atomic E-state index is -0.398. The second kappa shape index (κ2) is 6.54. The van der Waals surface area contributed by atoms with Crippen molar-refractivity contribution < 1.29 is 0 Å². The topological polar surface area (TPSA) is 39.1 Å². The van der Waals surface area contributed by atoms with Crippen molar-refractivity contribution in [1.29, 1.82) is 5.26 Å². The third-order valence-electron chi connectivity index (χ3n) is 4.10. The van der Waals surface area contributed by atoms with Crippen LogP contribution >= 0.6 is 0 Å². The fourth-order valence-electron chi connectivity index (χ4n) is 3.07. The first-order valence-corrected chi connectivity index (χ1v) is 7.32. The summed E-state index contributed by atoms with van der Waals surface area (Å²) in [5.41, 5.74) is -0.398. The molecule has 3 atom stereocenters. The number of likely N-dealkylation sites (tertiary alicyclic amines) is 1. The van der Waals surface area contributed by atoms with E-state index in [1.54, 1.807) is 0 Å². The quantitative estimate of drug-likeness (QED) is 0.816. The van der Waals surface area contributed by atoms with E-state index in [0.717, 1.165) is 13.0 Å². The molecule has 0 aliphatic carbocycles. The van der Waals surface area contributed by atoms with E-state index in [4.69, 9.17) is 0 Å². The van der Waals surface area contributed by atoms with Crippen LogP contribution in [0.1, 0.15) is 60.3 Å². The second-order valence-corrected chi connectivity index (χ2v) is 6.36. The first-order valence-electron chi connectivity index (χ1n) is 7.32. The molecule has 3 nitrogen and oxygen atoms in total. The minimum Gasteiger partial charge on any atom is -0.298 e. The Hall–Kier alpha value is -0.590. The van der Waals surface area contributed by atoms with Gasteiger partial charge in [0.2, 0.25) is 0 Å². The summed E-state index contributed by atoms with van der Waals surface area (Å²) in [6, 6.07) is 4.12. The second-order valence-electron chi connectivity index (χ2n) is 6.36. The number of hydrogen-bond donors (Lipinski definition) is 1. The fraction of sp³-hybridized carbons (Fsp3) is 0.933. The van der Waals surface area contributed by atoms with E-state index in [1.165, 1.54) is 19.3 Å². The number of nitriles is 1. The monoisotopic (exact) mass is 251 g/mol. The van der Waals surface area contributed by atoms with E-state index in [1.807, 2.05) is 6.92 Å². The van der Waals surface area contributed by atoms with Crippen molar-refractivity contribution in [3.05, 3.63) is 0 Å². The Morgan fingerprint density at radius 3 is 2.33 bits per heavy atom. The maximum Gasteiger partial charge on any atom is 0.105 e. The lowest BCUT2D eigenvalue weighted by atomic mass is 9.93. The van der Waals surface area contributed by atoms with Crippen molar-refractivity contribution in [1.82, 2.24) is 10.2 Å². The number of nitrogens with zero attached hydrogens (tertiary/aromatic N) is 2. The molecule has 0 aromatic rings. The molecule has 1 rings (SSSR count). The van der Waals surface area contributed by atoms with E-state index in [0.29, 0.717) is 18.1 Å². The van der Waals surface area contributed by atoms with Gasteiger partial charge >= 0.3 is 0 Å². The van der Waals surface area contributed by atoms with Gasteiger partial charge in [0, 0.05) is 24.7 Å². The van der Waals surface area contributed by atoms with Crippen LogP contribution in [0, 0.1) is 11.3 Å². The number of hydrogen-bond acceptors (Lipinski definition) is 3. The molecule has 0 bridgehead atoms. The summed E-state index contributed by atoms with van der Waals surface area (Å²) in [7, 11) is 0. The highest BCUT2D eigenvalue weighted by Gasteiger charge is 2.29. The Kier molecular flexibility index (Phi) is 5.62. The van der Waals surface area contributed by atoms with Gasteiger partial charge in [0.1, 0.15) is 5.54 Å². The number of nitrogens with one attached hydrogen (secondary N) is 1. The molecule has 1 saturated heterocycles. The molecule has 1 aliphatic heterocycles. The molecule has 0 aromatic heterocycles. The predicted octanol–water partition coefficient (Wildman–Crippen LogP) is 2.92. The first-order chi connectivity index (χ1) is 8.38. The zero-order valence-corrected chi connectivity index (χ0v) is 12.7. The Morgan fingerprint density at radius 2 is 1.89 bits per heavy atom. The van der Waals surface area contributed by atoms with Crippen LogP contribution in [0.4, 0.5) is 0 Å². The smallest absolute Gasteiger partial charge is 0.105 e. The maximum absolute atomic E-state index is 9.36. The average molecular weight is 251 g/mol. The molecule has 1 fully saturated rings. The fourth-order valence-corrected chi connectivity index (χ4v) is 3.07. The third kappa shape index (κ3) is 4.26. The van der Waals surface area contributed by atoms with Crippen LogP contribution in [0.5, 0.6) is 0 Å². The summed E-state index contributed by atoms with van der Waals surface area (Å²) in [6.45, 7) is 11.9. The van der Waals surface area contributed by atoms with E-state index in [-0.39, 0.29) is 0 Å². The Balaban J connectivity index is 2.54. The van der Waals surface area contributed by atoms with E-state index >= 15 is 0 Å². The third-order valence-corrected chi connectivity index (χ3v) is 4.10. The Labute approximate surface area is 113 Å². The molecule has 3 heteroatoms. The van der Waals surface area contributed by atoms with Crippen LogP contribution in [0.3, 0.4) is 0 Å². The van der Waals surface area contributed by atoms with Gasteiger partial charge in [0.25, 0.3) is 0 Å². The summed E-state index contributed by atoms with van der Waals surface area (Å²) in [4.78, 5) is 2.57. The van der Waals surface area contributed by atoms with Gasteiger partial charge in [-0.15, -0.1) is 0 Å². The van der Waals surface area contributed by atoms with Crippen molar-refractivity contribution >= 4 is 0 Å². The van der Waals surface area contributed by atoms with Gasteiger partial charge < -0.3 is 0 Å². The minimum absolute atomic E-state index is 0.353. The van der Waals surface area contributed by atoms with Crippen molar-refractivity contribution in [2.24, 2.45) is 0 Å². The van der Waals surface area contributed by atoms with Crippen LogP contribution in [-0.2, 0) is 0 Å². The van der Waals surface area contributed by atoms with Crippen molar-refractivity contribution in [2.45, 2.75) is 84.0 Å². The van der Waals surface area contributed by atoms with Crippen molar-refractivity contribution in [3.8, 4) is 6.07 Å². The molecule has 0 radical (unpaired) electrons. The molecule has 0 amide bonds. The normalized spacial score (nSPS) is 28.9. The summed E-state index contributed by atoms with van der Waals surface area (Å²) < 4.78 is 0. The summed E-state index contributed by atoms with van der Waals surface area (Å²) >= 11 is 0. The van der Waals surface area contributed by atoms with Crippen molar-refractivity contribution in [3.63, 3.8) is 0 Å². The predicted molar refractivity (Wildman–Crippen MR) is 76.4 cm³/mol. The van der Waals surface area contributed by atoms with E-state index in [2.05, 4.69) is 44.0 Å². The molecule has 1 aliphatic rings. The largest absolute Gasteiger partial charge is 0.298 e. The summed E-state index contributed by atoms with van der Waals surface area (Å²) in [5, 5.41) is 12.8. The van der Waals surface area contributed by atoms with Crippen LogP contribution in [0.2, 0.25) is 0 Å². The van der Waals surface area contributed by atoms with E-state index < -0.39 is 5.54 Å². The lowest BCUT2D eigenvalue weighted by Gasteiger charge is -2.40. The Morgan fingerprint density at radius 1 is 1.33 bits per heavy atom. The molecular weight excluding hydrogens is 222 g/mol. The zero-order valence-electron chi connectivity index (χ0n) is 12.7. The lowest BCUT2D eigenvalue weighted by Crippen LogP contribution is -2.50. The molecular formula is C15H29N3. The molecule has 0 aromatic carbocycles. The van der Waals surface area contributed by atoms with Crippen LogP contribution in [0.25, 0.3) is 0 Å². The zero-order chi connectivity index (χ0) is 13.8. The van der Waals surface area contributed by atoms with Gasteiger partial charge in [-0.25, -0.2) is 0 Å². The van der Waals surface area contributed by atoms with Crippen LogP contribution < -0.4 is 5.32 Å². The van der Waals surface area contributed by atoms with Crippen LogP contribution in [0.15, 0.2) is 0 Å². The molecule has 1 N–H and O–H groups in total. The van der Waals surface area contributed by atoms with Gasteiger partial charge in [-0.2, -0.15) is 5.26 Å².